The van der Waals surface area contributed by atoms with Gasteiger partial charge >= 0.3 is 0 Å². The maximum atomic E-state index is 6.61. The second-order valence-electron chi connectivity index (χ2n) is 10.1. The largest absolute Gasteiger partial charge is 0.542 e. The second-order valence-corrected chi connectivity index (χ2v) is 12.9. The Labute approximate surface area is 163 Å². The van der Waals surface area contributed by atoms with Crippen LogP contribution < -0.4 is 4.43 Å². The minimum atomic E-state index is -0.791. The molecule has 1 aromatic rings. The fourth-order valence-electron chi connectivity index (χ4n) is 6.19. The van der Waals surface area contributed by atoms with Gasteiger partial charge in [-0.25, -0.2) is 0 Å². The van der Waals surface area contributed by atoms with Gasteiger partial charge < -0.3 is 4.43 Å². The molecule has 0 atom stereocenters. The molecule has 0 heterocycles. The van der Waals surface area contributed by atoms with Crippen LogP contribution in [0.1, 0.15) is 69.9 Å². The van der Waals surface area contributed by atoms with Gasteiger partial charge in [-0.2, -0.15) is 0 Å². The number of hydrogen-bond acceptors (Lipinski definition) is 1. The minimum absolute atomic E-state index is 0.119. The Bertz CT molecular complexity index is 633. The van der Waals surface area contributed by atoms with Crippen LogP contribution in [0.4, 0.5) is 0 Å². The highest BCUT2D eigenvalue weighted by molar-refractivity contribution is 9.10. The monoisotopic (exact) mass is 419 g/mol. The van der Waals surface area contributed by atoms with E-state index in [2.05, 4.69) is 61.9 Å². The van der Waals surface area contributed by atoms with Crippen molar-refractivity contribution in [1.29, 1.82) is 0 Å². The molecule has 25 heavy (non-hydrogen) atoms. The van der Waals surface area contributed by atoms with Crippen LogP contribution in [0.15, 0.2) is 16.6 Å². The first-order chi connectivity index (χ1) is 11.7. The van der Waals surface area contributed by atoms with Crippen LogP contribution in [0.25, 0.3) is 0 Å². The maximum Gasteiger partial charge on any atom is 0.274 e. The SMILES string of the molecule is C[Si](C)Oc1c(C(C)(C)C)ccc(Br)c1C1C2CC3CC(C2)CC1C3. The Morgan fingerprint density at radius 1 is 0.960 bits per heavy atom. The predicted molar refractivity (Wildman–Crippen MR) is 111 cm³/mol. The summed E-state index contributed by atoms with van der Waals surface area (Å²) >= 11 is 3.94. The lowest BCUT2D eigenvalue weighted by Gasteiger charge is -2.55. The summed E-state index contributed by atoms with van der Waals surface area (Å²) in [7, 11) is -0.791. The van der Waals surface area contributed by atoms with E-state index < -0.39 is 9.04 Å². The fourth-order valence-corrected chi connectivity index (χ4v) is 7.39. The third kappa shape index (κ3) is 3.24. The first kappa shape index (κ1) is 18.1. The van der Waals surface area contributed by atoms with Crippen molar-refractivity contribution in [2.24, 2.45) is 23.7 Å². The van der Waals surface area contributed by atoms with E-state index in [4.69, 9.17) is 4.43 Å². The molecule has 4 saturated carbocycles. The first-order valence-electron chi connectivity index (χ1n) is 10.0. The first-order valence-corrected chi connectivity index (χ1v) is 13.2. The molecule has 0 aromatic heterocycles. The molecule has 0 N–H and O–H groups in total. The Morgan fingerprint density at radius 2 is 1.52 bits per heavy atom. The average Bonchev–Trinajstić information content (AvgIpc) is 2.46. The molecule has 4 aliphatic rings. The molecule has 137 valence electrons. The van der Waals surface area contributed by atoms with Crippen molar-refractivity contribution in [2.45, 2.75) is 77.3 Å². The molecular formula is C22H32BrOSi. The zero-order valence-corrected chi connectivity index (χ0v) is 18.9. The minimum Gasteiger partial charge on any atom is -0.542 e. The van der Waals surface area contributed by atoms with Gasteiger partial charge in [0.15, 0.2) is 0 Å². The van der Waals surface area contributed by atoms with E-state index in [1.807, 2.05) is 0 Å². The molecule has 5 rings (SSSR count). The Morgan fingerprint density at radius 3 is 2.00 bits per heavy atom. The van der Waals surface area contributed by atoms with Crippen LogP contribution in [-0.4, -0.2) is 9.04 Å². The Balaban J connectivity index is 1.83. The molecule has 3 heteroatoms. The zero-order valence-electron chi connectivity index (χ0n) is 16.4. The van der Waals surface area contributed by atoms with Gasteiger partial charge in [0.2, 0.25) is 0 Å². The highest BCUT2D eigenvalue weighted by Crippen LogP contribution is 2.62. The molecule has 4 fully saturated rings. The smallest absolute Gasteiger partial charge is 0.274 e. The van der Waals surface area contributed by atoms with Crippen molar-refractivity contribution in [3.8, 4) is 5.75 Å². The van der Waals surface area contributed by atoms with Gasteiger partial charge in [0.05, 0.1) is 0 Å². The van der Waals surface area contributed by atoms with Gasteiger partial charge in [0.1, 0.15) is 5.75 Å². The van der Waals surface area contributed by atoms with Crippen LogP contribution in [0.2, 0.25) is 13.1 Å². The molecule has 0 amide bonds. The van der Waals surface area contributed by atoms with Crippen LogP contribution >= 0.6 is 15.9 Å². The number of rotatable bonds is 3. The third-order valence-electron chi connectivity index (χ3n) is 6.82. The van der Waals surface area contributed by atoms with Gasteiger partial charge in [-0.3, -0.25) is 0 Å². The second kappa shape index (κ2) is 6.40. The molecule has 0 unspecified atom stereocenters. The Hall–Kier alpha value is -0.283. The summed E-state index contributed by atoms with van der Waals surface area (Å²) < 4.78 is 7.90. The summed E-state index contributed by atoms with van der Waals surface area (Å²) in [6.07, 6.45) is 7.35. The van der Waals surface area contributed by atoms with Gasteiger partial charge in [0, 0.05) is 10.0 Å². The standard InChI is InChI=1S/C22H32BrOSi/c1-22(2,3)17-6-7-18(23)20(21(17)24-25(4)5)19-15-9-13-8-14(11-15)12-16(19)10-13/h6-7,13-16,19H,8-12H2,1-5H3. The van der Waals surface area contributed by atoms with Crippen molar-refractivity contribution >= 4 is 25.0 Å². The summed E-state index contributed by atoms with van der Waals surface area (Å²) in [5.41, 5.74) is 3.03. The lowest BCUT2D eigenvalue weighted by atomic mass is 9.50. The van der Waals surface area contributed by atoms with E-state index in [0.717, 1.165) is 23.7 Å². The topological polar surface area (TPSA) is 9.23 Å². The van der Waals surface area contributed by atoms with Crippen LogP contribution in [0, 0.1) is 23.7 Å². The molecule has 0 spiro atoms. The summed E-state index contributed by atoms with van der Waals surface area (Å²) in [4.78, 5) is 0. The van der Waals surface area contributed by atoms with Crippen molar-refractivity contribution in [1.82, 2.24) is 0 Å². The molecular weight excluding hydrogens is 388 g/mol. The van der Waals surface area contributed by atoms with Gasteiger partial charge in [-0.1, -0.05) is 42.8 Å². The molecule has 0 saturated heterocycles. The normalized spacial score (nSPS) is 34.0. The van der Waals surface area contributed by atoms with Gasteiger partial charge in [-0.15, -0.1) is 0 Å². The van der Waals surface area contributed by atoms with E-state index in [1.54, 1.807) is 0 Å². The predicted octanol–water partition coefficient (Wildman–Crippen LogP) is 6.92. The molecule has 4 aliphatic carbocycles. The van der Waals surface area contributed by atoms with E-state index in [1.165, 1.54) is 53.5 Å². The van der Waals surface area contributed by atoms with Crippen molar-refractivity contribution < 1.29 is 4.43 Å². The summed E-state index contributed by atoms with van der Waals surface area (Å²) in [5, 5.41) is 0. The molecule has 1 nitrogen and oxygen atoms in total. The van der Waals surface area contributed by atoms with Crippen LogP contribution in [0.3, 0.4) is 0 Å². The van der Waals surface area contributed by atoms with Crippen LogP contribution in [0.5, 0.6) is 5.75 Å². The molecule has 1 radical (unpaired) electrons. The average molecular weight is 420 g/mol. The maximum absolute atomic E-state index is 6.61. The summed E-state index contributed by atoms with van der Waals surface area (Å²) in [5.74, 6) is 5.75. The third-order valence-corrected chi connectivity index (χ3v) is 8.12. The van der Waals surface area contributed by atoms with Gasteiger partial charge in [-0.05, 0) is 91.8 Å². The Kier molecular flexibility index (Phi) is 4.64. The van der Waals surface area contributed by atoms with E-state index in [0.29, 0.717) is 5.92 Å². The summed E-state index contributed by atoms with van der Waals surface area (Å²) in [6.45, 7) is 11.5. The highest BCUT2D eigenvalue weighted by atomic mass is 79.9. The number of hydrogen-bond donors (Lipinski definition) is 0. The van der Waals surface area contributed by atoms with Crippen LogP contribution in [-0.2, 0) is 5.41 Å². The fraction of sp³-hybridized carbons (Fsp3) is 0.727. The lowest BCUT2D eigenvalue weighted by molar-refractivity contribution is -0.00353. The van der Waals surface area contributed by atoms with Crippen molar-refractivity contribution in [2.75, 3.05) is 0 Å². The highest BCUT2D eigenvalue weighted by Gasteiger charge is 2.50. The van der Waals surface area contributed by atoms with Crippen molar-refractivity contribution in [3.05, 3.63) is 27.7 Å². The quantitative estimate of drug-likeness (QED) is 0.483. The van der Waals surface area contributed by atoms with Crippen molar-refractivity contribution in [3.63, 3.8) is 0 Å². The number of halogens is 1. The summed E-state index contributed by atoms with van der Waals surface area (Å²) in [6, 6.07) is 4.59. The lowest BCUT2D eigenvalue weighted by Crippen LogP contribution is -2.44. The van der Waals surface area contributed by atoms with E-state index in [-0.39, 0.29) is 5.41 Å². The number of benzene rings is 1. The molecule has 0 aliphatic heterocycles. The van der Waals surface area contributed by atoms with Gasteiger partial charge in [0.25, 0.3) is 9.04 Å². The molecule has 4 bridgehead atoms. The van der Waals surface area contributed by atoms with E-state index in [9.17, 15) is 0 Å². The van der Waals surface area contributed by atoms with E-state index >= 15 is 0 Å². The molecule has 1 aromatic carbocycles. The zero-order chi connectivity index (χ0) is 17.9.